The van der Waals surface area contributed by atoms with Crippen molar-refractivity contribution in [2.24, 2.45) is 7.05 Å². The molecular formula is C20H19N3O2S. The van der Waals surface area contributed by atoms with Crippen molar-refractivity contribution in [3.05, 3.63) is 74.8 Å². The first kappa shape index (κ1) is 16.7. The van der Waals surface area contributed by atoms with E-state index in [1.807, 2.05) is 23.1 Å². The molecule has 1 N–H and O–H groups in total. The molecule has 0 unspecified atom stereocenters. The summed E-state index contributed by atoms with van der Waals surface area (Å²) in [7, 11) is 1.63. The van der Waals surface area contributed by atoms with Gasteiger partial charge in [-0.05, 0) is 48.8 Å². The van der Waals surface area contributed by atoms with Crippen molar-refractivity contribution in [2.75, 3.05) is 6.54 Å². The van der Waals surface area contributed by atoms with Crippen molar-refractivity contribution >= 4 is 29.0 Å². The third-order valence-electron chi connectivity index (χ3n) is 5.05. The topological polar surface area (TPSA) is 58.1 Å². The standard InChI is InChI=1S/C20H19N3O2S/c1-22-19(25)15-10-9-14(12-16(15)21-20(22)26)18(24)23-11-5-8-17(23)13-6-3-2-4-7-13/h2-4,6-7,9-10,12,17H,5,8,11H2,1H3,(H,21,26)/t17-/m1/s1. The van der Waals surface area contributed by atoms with Crippen molar-refractivity contribution in [2.45, 2.75) is 18.9 Å². The lowest BCUT2D eigenvalue weighted by Gasteiger charge is -2.25. The molecule has 1 aliphatic heterocycles. The predicted molar refractivity (Wildman–Crippen MR) is 104 cm³/mol. The smallest absolute Gasteiger partial charge is 0.261 e. The first-order chi connectivity index (χ1) is 12.6. The van der Waals surface area contributed by atoms with Crippen LogP contribution in [0.1, 0.15) is 34.8 Å². The van der Waals surface area contributed by atoms with Gasteiger partial charge in [0.25, 0.3) is 11.5 Å². The Morgan fingerprint density at radius 3 is 2.73 bits per heavy atom. The van der Waals surface area contributed by atoms with Gasteiger partial charge in [0.2, 0.25) is 0 Å². The quantitative estimate of drug-likeness (QED) is 0.706. The van der Waals surface area contributed by atoms with E-state index in [1.54, 1.807) is 25.2 Å². The van der Waals surface area contributed by atoms with Crippen LogP contribution in [-0.2, 0) is 7.05 Å². The molecule has 2 aromatic carbocycles. The van der Waals surface area contributed by atoms with Gasteiger partial charge in [-0.1, -0.05) is 30.3 Å². The van der Waals surface area contributed by atoms with Gasteiger partial charge in [-0.2, -0.15) is 0 Å². The Morgan fingerprint density at radius 1 is 1.19 bits per heavy atom. The molecule has 0 aliphatic carbocycles. The molecule has 3 aromatic rings. The van der Waals surface area contributed by atoms with Gasteiger partial charge >= 0.3 is 0 Å². The minimum absolute atomic E-state index is 0.0155. The summed E-state index contributed by atoms with van der Waals surface area (Å²) in [6, 6.07) is 15.4. The summed E-state index contributed by atoms with van der Waals surface area (Å²) >= 11 is 5.18. The maximum atomic E-state index is 13.1. The molecule has 2 heterocycles. The summed E-state index contributed by atoms with van der Waals surface area (Å²) in [6.07, 6.45) is 1.95. The van der Waals surface area contributed by atoms with Crippen molar-refractivity contribution in [3.63, 3.8) is 0 Å². The summed E-state index contributed by atoms with van der Waals surface area (Å²) < 4.78 is 1.74. The van der Waals surface area contributed by atoms with Gasteiger partial charge in [0.05, 0.1) is 16.9 Å². The zero-order chi connectivity index (χ0) is 18.3. The molecule has 0 radical (unpaired) electrons. The van der Waals surface area contributed by atoms with E-state index in [1.165, 1.54) is 4.57 Å². The Hall–Kier alpha value is -2.73. The van der Waals surface area contributed by atoms with Gasteiger partial charge in [-0.25, -0.2) is 0 Å². The number of aromatic nitrogens is 2. The zero-order valence-electron chi connectivity index (χ0n) is 14.4. The molecule has 1 aromatic heterocycles. The molecule has 1 atom stereocenters. The Morgan fingerprint density at radius 2 is 1.96 bits per heavy atom. The van der Waals surface area contributed by atoms with Crippen molar-refractivity contribution in [3.8, 4) is 0 Å². The van der Waals surface area contributed by atoms with E-state index < -0.39 is 0 Å². The Labute approximate surface area is 155 Å². The third-order valence-corrected chi connectivity index (χ3v) is 5.42. The number of hydrogen-bond donors (Lipinski definition) is 1. The van der Waals surface area contributed by atoms with E-state index in [9.17, 15) is 9.59 Å². The second kappa shape index (κ2) is 6.53. The summed E-state index contributed by atoms with van der Waals surface area (Å²) in [4.78, 5) is 30.4. The molecule has 0 bridgehead atoms. The molecule has 1 fully saturated rings. The summed E-state index contributed by atoms with van der Waals surface area (Å²) in [5, 5.41) is 0.527. The van der Waals surface area contributed by atoms with Gasteiger partial charge in [0.1, 0.15) is 0 Å². The van der Waals surface area contributed by atoms with Crippen LogP contribution in [0.3, 0.4) is 0 Å². The molecule has 26 heavy (non-hydrogen) atoms. The number of hydrogen-bond acceptors (Lipinski definition) is 3. The number of aromatic amines is 1. The van der Waals surface area contributed by atoms with Crippen LogP contribution in [0.25, 0.3) is 10.9 Å². The van der Waals surface area contributed by atoms with Crippen LogP contribution in [0.2, 0.25) is 0 Å². The van der Waals surface area contributed by atoms with Gasteiger partial charge in [-0.3, -0.25) is 14.2 Å². The Bertz CT molecular complexity index is 1100. The fourth-order valence-electron chi connectivity index (χ4n) is 3.64. The molecule has 4 rings (SSSR count). The highest BCUT2D eigenvalue weighted by atomic mass is 32.1. The predicted octanol–water partition coefficient (Wildman–Crippen LogP) is 3.57. The fraction of sp³-hybridized carbons (Fsp3) is 0.250. The van der Waals surface area contributed by atoms with E-state index in [0.29, 0.717) is 21.2 Å². The van der Waals surface area contributed by atoms with Gasteiger partial charge in [-0.15, -0.1) is 0 Å². The molecule has 5 nitrogen and oxygen atoms in total. The second-order valence-corrected chi connectivity index (χ2v) is 7.01. The van der Waals surface area contributed by atoms with E-state index in [2.05, 4.69) is 17.1 Å². The minimum atomic E-state index is -0.161. The molecule has 1 saturated heterocycles. The molecule has 6 heteroatoms. The van der Waals surface area contributed by atoms with E-state index >= 15 is 0 Å². The number of likely N-dealkylation sites (tertiary alicyclic amines) is 1. The number of H-pyrrole nitrogens is 1. The second-order valence-electron chi connectivity index (χ2n) is 6.62. The van der Waals surface area contributed by atoms with Crippen molar-refractivity contribution in [1.29, 1.82) is 0 Å². The van der Waals surface area contributed by atoms with Crippen LogP contribution in [0.4, 0.5) is 0 Å². The lowest BCUT2D eigenvalue weighted by atomic mass is 10.0. The number of fused-ring (bicyclic) bond motifs is 1. The first-order valence-electron chi connectivity index (χ1n) is 8.65. The maximum Gasteiger partial charge on any atom is 0.261 e. The highest BCUT2D eigenvalue weighted by molar-refractivity contribution is 7.71. The lowest BCUT2D eigenvalue weighted by molar-refractivity contribution is 0.0736. The molecule has 0 spiro atoms. The lowest BCUT2D eigenvalue weighted by Crippen LogP contribution is -2.30. The number of nitrogens with one attached hydrogen (secondary N) is 1. The largest absolute Gasteiger partial charge is 0.332 e. The van der Waals surface area contributed by atoms with Crippen LogP contribution < -0.4 is 5.56 Å². The van der Waals surface area contributed by atoms with Crippen molar-refractivity contribution in [1.82, 2.24) is 14.5 Å². The fourth-order valence-corrected chi connectivity index (χ4v) is 3.83. The normalized spacial score (nSPS) is 17.0. The molecule has 1 amide bonds. The highest BCUT2D eigenvalue weighted by Crippen LogP contribution is 2.33. The minimum Gasteiger partial charge on any atom is -0.332 e. The van der Waals surface area contributed by atoms with E-state index in [0.717, 1.165) is 24.9 Å². The molecule has 1 aliphatic rings. The average molecular weight is 365 g/mol. The van der Waals surface area contributed by atoms with Crippen LogP contribution in [-0.4, -0.2) is 26.9 Å². The molecule has 132 valence electrons. The number of carbonyl (C=O) groups excluding carboxylic acids is 1. The van der Waals surface area contributed by atoms with Gasteiger partial charge < -0.3 is 9.88 Å². The zero-order valence-corrected chi connectivity index (χ0v) is 15.3. The maximum absolute atomic E-state index is 13.1. The van der Waals surface area contributed by atoms with Crippen LogP contribution in [0.15, 0.2) is 53.3 Å². The van der Waals surface area contributed by atoms with Crippen LogP contribution >= 0.6 is 12.2 Å². The summed E-state index contributed by atoms with van der Waals surface area (Å²) in [5.74, 6) is -0.0155. The van der Waals surface area contributed by atoms with Crippen LogP contribution in [0.5, 0.6) is 0 Å². The summed E-state index contributed by atoms with van der Waals surface area (Å²) in [6.45, 7) is 0.739. The van der Waals surface area contributed by atoms with Crippen LogP contribution in [0, 0.1) is 4.77 Å². The van der Waals surface area contributed by atoms with E-state index in [-0.39, 0.29) is 17.5 Å². The molecule has 0 saturated carbocycles. The van der Waals surface area contributed by atoms with Gasteiger partial charge in [0.15, 0.2) is 4.77 Å². The average Bonchev–Trinajstić information content (AvgIpc) is 3.15. The first-order valence-corrected chi connectivity index (χ1v) is 9.06. The van der Waals surface area contributed by atoms with Crippen molar-refractivity contribution < 1.29 is 4.79 Å². The Balaban J connectivity index is 1.73. The number of benzene rings is 2. The van der Waals surface area contributed by atoms with Gasteiger partial charge in [0, 0.05) is 19.2 Å². The third kappa shape index (κ3) is 2.76. The molecular weight excluding hydrogens is 346 g/mol. The number of nitrogens with zero attached hydrogens (tertiary/aromatic N) is 2. The SMILES string of the molecule is Cn1c(=S)[nH]c2cc(C(=O)N3CCC[C@@H]3c3ccccc3)ccc2c1=O. The monoisotopic (exact) mass is 365 g/mol. The number of carbonyl (C=O) groups is 1. The highest BCUT2D eigenvalue weighted by Gasteiger charge is 2.30. The number of rotatable bonds is 2. The van der Waals surface area contributed by atoms with E-state index in [4.69, 9.17) is 12.2 Å². The summed E-state index contributed by atoms with van der Waals surface area (Å²) in [5.41, 5.74) is 2.16. The number of amides is 1. The Kier molecular flexibility index (Phi) is 4.20.